The quantitative estimate of drug-likeness (QED) is 0.529. The van der Waals surface area contributed by atoms with E-state index in [-0.39, 0.29) is 18.2 Å². The normalized spacial score (nSPS) is 13.8. The number of hydrogen-bond donors (Lipinski definition) is 3. The number of nitrogens with one attached hydrogen (secondary N) is 2. The number of rotatable bonds is 6. The summed E-state index contributed by atoms with van der Waals surface area (Å²) in [5, 5.41) is 13.3. The number of aromatic hydroxyl groups is 1. The number of likely N-dealkylation sites (N-methyl/N-ethyl adjacent to an activating group) is 1. The number of ether oxygens (including phenoxy) is 2. The van der Waals surface area contributed by atoms with E-state index in [9.17, 15) is 14.7 Å². The topological polar surface area (TPSA) is 102 Å². The molecule has 3 aromatic rings. The van der Waals surface area contributed by atoms with E-state index in [4.69, 9.17) is 13.9 Å². The Kier molecular flexibility index (Phi) is 5.58. The van der Waals surface area contributed by atoms with Gasteiger partial charge in [0.25, 0.3) is 5.91 Å². The zero-order valence-corrected chi connectivity index (χ0v) is 16.6. The maximum Gasteiger partial charge on any atom is 0.336 e. The summed E-state index contributed by atoms with van der Waals surface area (Å²) in [6.07, 6.45) is 0. The van der Waals surface area contributed by atoms with Crippen LogP contribution in [0.2, 0.25) is 0 Å². The molecule has 0 saturated heterocycles. The molecule has 1 atom stereocenters. The van der Waals surface area contributed by atoms with Crippen LogP contribution in [-0.4, -0.2) is 37.3 Å². The predicted octanol–water partition coefficient (Wildman–Crippen LogP) is 1.31. The summed E-state index contributed by atoms with van der Waals surface area (Å²) < 4.78 is 16.2. The Morgan fingerprint density at radius 2 is 1.90 bits per heavy atom. The summed E-state index contributed by atoms with van der Waals surface area (Å²) in [6, 6.07) is 11.4. The summed E-state index contributed by atoms with van der Waals surface area (Å²) in [5.41, 5.74) is 1.25. The van der Waals surface area contributed by atoms with Crippen LogP contribution in [-0.2, 0) is 11.3 Å². The summed E-state index contributed by atoms with van der Waals surface area (Å²) in [5.74, 6) is 1.17. The highest BCUT2D eigenvalue weighted by Crippen LogP contribution is 2.32. The van der Waals surface area contributed by atoms with E-state index in [1.807, 2.05) is 6.92 Å². The molecule has 156 valence electrons. The third kappa shape index (κ3) is 4.38. The first-order valence-corrected chi connectivity index (χ1v) is 9.80. The highest BCUT2D eigenvalue weighted by molar-refractivity contribution is 5.91. The van der Waals surface area contributed by atoms with Crippen LogP contribution in [0.1, 0.15) is 12.5 Å². The molecule has 3 N–H and O–H groups in total. The van der Waals surface area contributed by atoms with E-state index in [2.05, 4.69) is 5.32 Å². The van der Waals surface area contributed by atoms with Gasteiger partial charge in [0.2, 0.25) is 0 Å². The lowest BCUT2D eigenvalue weighted by atomic mass is 10.1. The van der Waals surface area contributed by atoms with E-state index in [0.29, 0.717) is 49.1 Å². The average molecular weight is 411 g/mol. The molecular formula is C22H23N2O6+. The minimum atomic E-state index is -0.487. The monoisotopic (exact) mass is 411 g/mol. The highest BCUT2D eigenvalue weighted by atomic mass is 16.6. The van der Waals surface area contributed by atoms with Gasteiger partial charge in [-0.05, 0) is 31.2 Å². The Morgan fingerprint density at radius 1 is 1.10 bits per heavy atom. The van der Waals surface area contributed by atoms with Crippen LogP contribution >= 0.6 is 0 Å². The van der Waals surface area contributed by atoms with Crippen LogP contribution < -0.4 is 25.3 Å². The van der Waals surface area contributed by atoms with Gasteiger partial charge in [0.15, 0.2) is 18.0 Å². The summed E-state index contributed by atoms with van der Waals surface area (Å²) in [6.45, 7) is 4.36. The molecule has 8 nitrogen and oxygen atoms in total. The predicted molar refractivity (Wildman–Crippen MR) is 110 cm³/mol. The van der Waals surface area contributed by atoms with Gasteiger partial charge in [-0.15, -0.1) is 0 Å². The molecule has 0 aliphatic carbocycles. The van der Waals surface area contributed by atoms with Gasteiger partial charge in [-0.2, -0.15) is 0 Å². The molecule has 1 unspecified atom stereocenters. The molecule has 0 bridgehead atoms. The molecule has 1 aromatic heterocycles. The molecule has 30 heavy (non-hydrogen) atoms. The fourth-order valence-corrected chi connectivity index (χ4v) is 3.50. The second-order valence-electron chi connectivity index (χ2n) is 7.13. The van der Waals surface area contributed by atoms with E-state index in [1.54, 1.807) is 30.3 Å². The van der Waals surface area contributed by atoms with E-state index in [0.717, 1.165) is 15.8 Å². The Labute approximate surface area is 172 Å². The first kappa shape index (κ1) is 19.8. The summed E-state index contributed by atoms with van der Waals surface area (Å²) in [4.78, 5) is 25.5. The largest absolute Gasteiger partial charge is 0.508 e. The molecule has 1 amide bonds. The van der Waals surface area contributed by atoms with Crippen LogP contribution in [0.4, 0.5) is 5.69 Å². The molecule has 0 saturated carbocycles. The van der Waals surface area contributed by atoms with Crippen molar-refractivity contribution in [1.82, 2.24) is 0 Å². The number of hydrogen-bond acceptors (Lipinski definition) is 6. The number of phenols is 1. The molecule has 1 aliphatic rings. The average Bonchev–Trinajstić information content (AvgIpc) is 2.72. The van der Waals surface area contributed by atoms with Crippen molar-refractivity contribution in [1.29, 1.82) is 0 Å². The van der Waals surface area contributed by atoms with E-state index >= 15 is 0 Å². The third-order valence-electron chi connectivity index (χ3n) is 4.99. The Morgan fingerprint density at radius 3 is 2.70 bits per heavy atom. The second-order valence-corrected chi connectivity index (χ2v) is 7.13. The summed E-state index contributed by atoms with van der Waals surface area (Å²) in [7, 11) is 0. The Hall–Kier alpha value is -3.52. The van der Waals surface area contributed by atoms with Crippen molar-refractivity contribution >= 4 is 22.6 Å². The first-order valence-electron chi connectivity index (χ1n) is 9.80. The standard InChI is InChI=1S/C22H22N2O6/c1-2-24(12-14-9-22(27)30-19-11-16(25)4-5-17(14)19)13-21(26)23-15-3-6-18-20(10-15)29-8-7-28-18/h3-6,9-11,25H,2,7-8,12-13H2,1H3,(H,23,26)/p+1. The zero-order chi connectivity index (χ0) is 21.1. The number of carbonyl (C=O) groups excluding carboxylic acids is 1. The number of amides is 1. The maximum absolute atomic E-state index is 12.6. The second kappa shape index (κ2) is 8.46. The molecule has 0 radical (unpaired) electrons. The van der Waals surface area contributed by atoms with Crippen molar-refractivity contribution in [2.24, 2.45) is 0 Å². The zero-order valence-electron chi connectivity index (χ0n) is 16.6. The van der Waals surface area contributed by atoms with Gasteiger partial charge in [0.1, 0.15) is 31.1 Å². The van der Waals surface area contributed by atoms with Gasteiger partial charge in [0.05, 0.1) is 6.54 Å². The molecule has 4 rings (SSSR count). The third-order valence-corrected chi connectivity index (χ3v) is 4.99. The number of fused-ring (bicyclic) bond motifs is 2. The van der Waals surface area contributed by atoms with Crippen LogP contribution in [0.15, 0.2) is 51.7 Å². The van der Waals surface area contributed by atoms with Crippen LogP contribution in [0.5, 0.6) is 17.2 Å². The van der Waals surface area contributed by atoms with Crippen molar-refractivity contribution in [3.05, 3.63) is 58.4 Å². The van der Waals surface area contributed by atoms with Gasteiger partial charge in [0, 0.05) is 34.8 Å². The molecule has 2 heterocycles. The van der Waals surface area contributed by atoms with E-state index < -0.39 is 5.63 Å². The van der Waals surface area contributed by atoms with E-state index in [1.165, 1.54) is 12.1 Å². The van der Waals surface area contributed by atoms with Crippen LogP contribution in [0, 0.1) is 0 Å². The SMILES string of the molecule is CC[NH+](CC(=O)Nc1ccc2c(c1)OCCO2)Cc1cc(=O)oc2cc(O)ccc12. The number of phenolic OH excluding ortho intramolecular Hbond substituents is 1. The minimum Gasteiger partial charge on any atom is -0.508 e. The molecule has 1 aliphatic heterocycles. The Bertz CT molecular complexity index is 1140. The summed E-state index contributed by atoms with van der Waals surface area (Å²) >= 11 is 0. The fraction of sp³-hybridized carbons (Fsp3) is 0.273. The van der Waals surface area contributed by atoms with Crippen LogP contribution in [0.3, 0.4) is 0 Å². The fourth-order valence-electron chi connectivity index (χ4n) is 3.50. The van der Waals surface area contributed by atoms with Crippen molar-refractivity contribution in [2.75, 3.05) is 31.6 Å². The van der Waals surface area contributed by atoms with Gasteiger partial charge in [-0.25, -0.2) is 4.79 Å². The highest BCUT2D eigenvalue weighted by Gasteiger charge is 2.18. The lowest BCUT2D eigenvalue weighted by Gasteiger charge is -2.20. The van der Waals surface area contributed by atoms with Gasteiger partial charge >= 0.3 is 5.63 Å². The maximum atomic E-state index is 12.6. The van der Waals surface area contributed by atoms with Crippen molar-refractivity contribution in [2.45, 2.75) is 13.5 Å². The van der Waals surface area contributed by atoms with Gasteiger partial charge in [-0.3, -0.25) is 4.79 Å². The molecule has 2 aromatic carbocycles. The molecular weight excluding hydrogens is 388 g/mol. The number of anilines is 1. The minimum absolute atomic E-state index is 0.0290. The number of quaternary nitrogens is 1. The van der Waals surface area contributed by atoms with Crippen molar-refractivity contribution in [3.63, 3.8) is 0 Å². The lowest BCUT2D eigenvalue weighted by Crippen LogP contribution is -3.11. The number of carbonyl (C=O) groups is 1. The molecule has 0 fully saturated rings. The van der Waals surface area contributed by atoms with Crippen molar-refractivity contribution < 1.29 is 28.7 Å². The van der Waals surface area contributed by atoms with Crippen LogP contribution in [0.25, 0.3) is 11.0 Å². The van der Waals surface area contributed by atoms with Gasteiger partial charge < -0.3 is 29.2 Å². The number of benzene rings is 2. The molecule has 8 heteroatoms. The van der Waals surface area contributed by atoms with Crippen molar-refractivity contribution in [3.8, 4) is 17.2 Å². The Balaban J connectivity index is 1.47. The first-order chi connectivity index (χ1) is 14.5. The van der Waals surface area contributed by atoms with Gasteiger partial charge in [-0.1, -0.05) is 0 Å². The molecule has 0 spiro atoms. The lowest BCUT2D eigenvalue weighted by molar-refractivity contribution is -0.903. The smallest absolute Gasteiger partial charge is 0.336 e.